The Morgan fingerprint density at radius 2 is 2.21 bits per heavy atom. The first kappa shape index (κ1) is 14.4. The number of anilines is 1. The summed E-state index contributed by atoms with van der Waals surface area (Å²) in [6, 6.07) is 7.43. The number of rotatable bonds is 6. The van der Waals surface area contributed by atoms with E-state index in [1.54, 1.807) is 7.11 Å². The van der Waals surface area contributed by atoms with Crippen molar-refractivity contribution in [3.8, 4) is 0 Å². The monoisotopic (exact) mass is 262 g/mol. The van der Waals surface area contributed by atoms with Gasteiger partial charge in [0.2, 0.25) is 0 Å². The highest BCUT2D eigenvalue weighted by Crippen LogP contribution is 2.28. The molecular formula is C16H26N2O. The summed E-state index contributed by atoms with van der Waals surface area (Å²) in [6.45, 7) is 8.26. The van der Waals surface area contributed by atoms with Gasteiger partial charge in [-0.3, -0.25) is 0 Å². The van der Waals surface area contributed by atoms with Crippen LogP contribution < -0.4 is 10.2 Å². The number of fused-ring (bicyclic) bond motifs is 1. The maximum Gasteiger partial charge on any atom is 0.0637 e. The maximum absolute atomic E-state index is 5.21. The summed E-state index contributed by atoms with van der Waals surface area (Å²) < 4.78 is 5.21. The highest BCUT2D eigenvalue weighted by atomic mass is 16.5. The molecule has 1 aromatic rings. The molecule has 0 saturated heterocycles. The van der Waals surface area contributed by atoms with Crippen molar-refractivity contribution in [1.82, 2.24) is 5.32 Å². The number of nitrogens with one attached hydrogen (secondary N) is 1. The molecule has 1 aliphatic heterocycles. The second kappa shape index (κ2) is 6.92. The van der Waals surface area contributed by atoms with Crippen LogP contribution in [0.2, 0.25) is 0 Å². The van der Waals surface area contributed by atoms with Crippen molar-refractivity contribution in [2.45, 2.75) is 39.3 Å². The number of aryl methyl sites for hydroxylation is 1. The Morgan fingerprint density at radius 1 is 1.37 bits per heavy atom. The summed E-state index contributed by atoms with van der Waals surface area (Å²) in [7, 11) is 1.77. The molecule has 3 heteroatoms. The zero-order chi connectivity index (χ0) is 13.7. The molecule has 3 nitrogen and oxygen atoms in total. The summed E-state index contributed by atoms with van der Waals surface area (Å²) in [5.74, 6) is 0. The third kappa shape index (κ3) is 3.95. The Kier molecular flexibility index (Phi) is 5.23. The van der Waals surface area contributed by atoms with Gasteiger partial charge in [0.15, 0.2) is 0 Å². The normalized spacial score (nSPS) is 14.8. The van der Waals surface area contributed by atoms with Gasteiger partial charge >= 0.3 is 0 Å². The molecule has 2 rings (SSSR count). The summed E-state index contributed by atoms with van der Waals surface area (Å²) in [5.41, 5.74) is 4.26. The van der Waals surface area contributed by atoms with Crippen molar-refractivity contribution in [3.05, 3.63) is 29.3 Å². The van der Waals surface area contributed by atoms with Crippen molar-refractivity contribution in [1.29, 1.82) is 0 Å². The molecule has 0 amide bonds. The van der Waals surface area contributed by atoms with E-state index in [0.717, 1.165) is 26.2 Å². The largest absolute Gasteiger partial charge is 0.383 e. The number of nitrogens with zero attached hydrogens (tertiary/aromatic N) is 1. The van der Waals surface area contributed by atoms with Gasteiger partial charge in [0.25, 0.3) is 0 Å². The number of hydrogen-bond donors (Lipinski definition) is 1. The minimum atomic E-state index is 0.528. The smallest absolute Gasteiger partial charge is 0.0637 e. The molecule has 19 heavy (non-hydrogen) atoms. The van der Waals surface area contributed by atoms with Gasteiger partial charge in [0.1, 0.15) is 0 Å². The molecule has 0 spiro atoms. The van der Waals surface area contributed by atoms with Crippen LogP contribution >= 0.6 is 0 Å². The lowest BCUT2D eigenvalue weighted by atomic mass is 9.99. The molecule has 1 aromatic carbocycles. The minimum Gasteiger partial charge on any atom is -0.383 e. The van der Waals surface area contributed by atoms with Gasteiger partial charge in [-0.2, -0.15) is 0 Å². The maximum atomic E-state index is 5.21. The standard InChI is InChI=1S/C16H26N2O/c1-13(2)17-12-14-6-7-15-5-4-8-18(9-10-19-3)16(15)11-14/h6-7,11,13,17H,4-5,8-10,12H2,1-3H3. The number of benzene rings is 1. The third-order valence-corrected chi connectivity index (χ3v) is 3.64. The van der Waals surface area contributed by atoms with Crippen molar-refractivity contribution >= 4 is 5.69 Å². The lowest BCUT2D eigenvalue weighted by molar-refractivity contribution is 0.205. The Balaban J connectivity index is 2.10. The molecule has 1 heterocycles. The molecule has 1 aliphatic rings. The van der Waals surface area contributed by atoms with Crippen LogP contribution in [0, 0.1) is 0 Å². The van der Waals surface area contributed by atoms with Crippen LogP contribution in [0.4, 0.5) is 5.69 Å². The van der Waals surface area contributed by atoms with Crippen molar-refractivity contribution in [3.63, 3.8) is 0 Å². The van der Waals surface area contributed by atoms with E-state index in [1.165, 1.54) is 29.7 Å². The Morgan fingerprint density at radius 3 is 2.95 bits per heavy atom. The summed E-state index contributed by atoms with van der Waals surface area (Å²) in [6.07, 6.45) is 2.46. The predicted molar refractivity (Wildman–Crippen MR) is 80.8 cm³/mol. The third-order valence-electron chi connectivity index (χ3n) is 3.64. The van der Waals surface area contributed by atoms with Crippen molar-refractivity contribution < 1.29 is 4.74 Å². The molecule has 0 radical (unpaired) electrons. The Bertz CT molecular complexity index is 404. The molecule has 0 bridgehead atoms. The summed E-state index contributed by atoms with van der Waals surface area (Å²) in [5, 5.41) is 3.48. The topological polar surface area (TPSA) is 24.5 Å². The number of hydrogen-bond acceptors (Lipinski definition) is 3. The minimum absolute atomic E-state index is 0.528. The molecule has 0 aliphatic carbocycles. The number of methoxy groups -OCH3 is 1. The fourth-order valence-corrected chi connectivity index (χ4v) is 2.56. The van der Waals surface area contributed by atoms with E-state index in [1.807, 2.05) is 0 Å². The van der Waals surface area contributed by atoms with Crippen LogP contribution in [0.3, 0.4) is 0 Å². The van der Waals surface area contributed by atoms with Gasteiger partial charge in [-0.15, -0.1) is 0 Å². The zero-order valence-electron chi connectivity index (χ0n) is 12.4. The van der Waals surface area contributed by atoms with Crippen LogP contribution in [0.5, 0.6) is 0 Å². The first-order valence-corrected chi connectivity index (χ1v) is 7.30. The first-order chi connectivity index (χ1) is 9.20. The first-order valence-electron chi connectivity index (χ1n) is 7.30. The fourth-order valence-electron chi connectivity index (χ4n) is 2.56. The Hall–Kier alpha value is -1.06. The molecular weight excluding hydrogens is 236 g/mol. The average Bonchev–Trinajstić information content (AvgIpc) is 2.42. The zero-order valence-corrected chi connectivity index (χ0v) is 12.4. The van der Waals surface area contributed by atoms with E-state index in [-0.39, 0.29) is 0 Å². The lowest BCUT2D eigenvalue weighted by Gasteiger charge is -2.31. The average molecular weight is 262 g/mol. The molecule has 0 unspecified atom stereocenters. The van der Waals surface area contributed by atoms with E-state index < -0.39 is 0 Å². The molecule has 0 fully saturated rings. The fraction of sp³-hybridized carbons (Fsp3) is 0.625. The molecule has 0 aromatic heterocycles. The van der Waals surface area contributed by atoms with Crippen molar-refractivity contribution in [2.24, 2.45) is 0 Å². The van der Waals surface area contributed by atoms with Gasteiger partial charge < -0.3 is 15.0 Å². The quantitative estimate of drug-likeness (QED) is 0.853. The van der Waals surface area contributed by atoms with Crippen LogP contribution in [-0.4, -0.2) is 32.8 Å². The van der Waals surface area contributed by atoms with Gasteiger partial charge in [-0.05, 0) is 30.0 Å². The van der Waals surface area contributed by atoms with E-state index in [9.17, 15) is 0 Å². The van der Waals surface area contributed by atoms with E-state index in [2.05, 4.69) is 42.3 Å². The molecule has 0 saturated carbocycles. The number of ether oxygens (including phenoxy) is 1. The van der Waals surface area contributed by atoms with Gasteiger partial charge in [-0.1, -0.05) is 26.0 Å². The second-order valence-corrected chi connectivity index (χ2v) is 5.58. The molecule has 106 valence electrons. The van der Waals surface area contributed by atoms with Crippen LogP contribution in [-0.2, 0) is 17.7 Å². The van der Waals surface area contributed by atoms with E-state index >= 15 is 0 Å². The molecule has 0 atom stereocenters. The Labute approximate surface area is 116 Å². The molecule has 1 N–H and O–H groups in total. The van der Waals surface area contributed by atoms with Crippen molar-refractivity contribution in [2.75, 3.05) is 31.7 Å². The lowest BCUT2D eigenvalue weighted by Crippen LogP contribution is -2.32. The van der Waals surface area contributed by atoms with E-state index in [0.29, 0.717) is 6.04 Å². The summed E-state index contributed by atoms with van der Waals surface area (Å²) in [4.78, 5) is 2.46. The SMILES string of the molecule is COCCN1CCCc2ccc(CNC(C)C)cc21. The van der Waals surface area contributed by atoms with Gasteiger partial charge in [0.05, 0.1) is 6.61 Å². The van der Waals surface area contributed by atoms with E-state index in [4.69, 9.17) is 4.74 Å². The van der Waals surface area contributed by atoms with Crippen LogP contribution in [0.15, 0.2) is 18.2 Å². The second-order valence-electron chi connectivity index (χ2n) is 5.58. The highest BCUT2D eigenvalue weighted by Gasteiger charge is 2.16. The van der Waals surface area contributed by atoms with Gasteiger partial charge in [0, 0.05) is 38.5 Å². The highest BCUT2D eigenvalue weighted by molar-refractivity contribution is 5.57. The van der Waals surface area contributed by atoms with Crippen LogP contribution in [0.25, 0.3) is 0 Å². The van der Waals surface area contributed by atoms with Gasteiger partial charge in [-0.25, -0.2) is 0 Å². The predicted octanol–water partition coefficient (Wildman–Crippen LogP) is 2.58. The van der Waals surface area contributed by atoms with Crippen LogP contribution in [0.1, 0.15) is 31.4 Å². The summed E-state index contributed by atoms with van der Waals surface area (Å²) >= 11 is 0.